The van der Waals surface area contributed by atoms with Crippen LogP contribution in [-0.4, -0.2) is 56.4 Å². The number of carbonyl (C=O) groups is 1. The first-order chi connectivity index (χ1) is 13.1. The Labute approximate surface area is 159 Å². The average molecular weight is 373 g/mol. The second-order valence-electron chi connectivity index (χ2n) is 7.49. The van der Waals surface area contributed by atoms with Crippen LogP contribution in [-0.2, 0) is 9.47 Å². The average Bonchev–Trinajstić information content (AvgIpc) is 3.04. The molecule has 2 saturated heterocycles. The molecule has 0 unspecified atom stereocenters. The maximum atomic E-state index is 13.1. The number of hydrogen-bond donors (Lipinski definition) is 0. The number of methoxy groups -OCH3 is 2. The zero-order chi connectivity index (χ0) is 19.0. The third kappa shape index (κ3) is 3.11. The summed E-state index contributed by atoms with van der Waals surface area (Å²) in [5, 5.41) is 0.947. The number of rotatable bonds is 3. The summed E-state index contributed by atoms with van der Waals surface area (Å²) in [6.07, 6.45) is 3.76. The lowest BCUT2D eigenvalue weighted by molar-refractivity contribution is -0.183. The number of ether oxygens (including phenoxy) is 3. The molecule has 27 heavy (non-hydrogen) atoms. The van der Waals surface area contributed by atoms with E-state index < -0.39 is 0 Å². The third-order valence-electron chi connectivity index (χ3n) is 6.11. The van der Waals surface area contributed by atoms with Crippen LogP contribution in [0.3, 0.4) is 0 Å². The second kappa shape index (κ2) is 7.17. The maximum absolute atomic E-state index is 13.1. The molecule has 0 saturated carbocycles. The summed E-state index contributed by atoms with van der Waals surface area (Å²) in [5.74, 6) is 1.08. The predicted molar refractivity (Wildman–Crippen MR) is 101 cm³/mol. The Morgan fingerprint density at radius 1 is 1.26 bits per heavy atom. The lowest BCUT2D eigenvalue weighted by Crippen LogP contribution is -2.56. The minimum Gasteiger partial charge on any atom is -0.497 e. The number of fused-ring (bicyclic) bond motifs is 1. The fraction of sp³-hybridized carbons (Fsp3) is 0.571. The van der Waals surface area contributed by atoms with Crippen molar-refractivity contribution in [2.45, 2.75) is 44.3 Å². The summed E-state index contributed by atoms with van der Waals surface area (Å²) in [5.41, 5.74) is 1.31. The van der Waals surface area contributed by atoms with Gasteiger partial charge in [-0.2, -0.15) is 0 Å². The van der Waals surface area contributed by atoms with Crippen molar-refractivity contribution in [2.75, 3.05) is 33.9 Å². The first-order valence-electron chi connectivity index (χ1n) is 9.61. The normalized spacial score (nSPS) is 22.3. The Balaban J connectivity index is 1.53. The monoisotopic (exact) mass is 373 g/mol. The maximum Gasteiger partial charge on any atom is 0.289 e. The number of piperidine rings is 1. The number of amides is 1. The number of nitrogens with zero attached hydrogens (tertiary/aromatic N) is 1. The van der Waals surface area contributed by atoms with Crippen LogP contribution in [0.25, 0.3) is 11.0 Å². The lowest BCUT2D eigenvalue weighted by atomic mass is 9.81. The Morgan fingerprint density at radius 3 is 2.74 bits per heavy atom. The zero-order valence-corrected chi connectivity index (χ0v) is 16.2. The van der Waals surface area contributed by atoms with Gasteiger partial charge >= 0.3 is 0 Å². The second-order valence-corrected chi connectivity index (χ2v) is 7.49. The Bertz CT molecular complexity index is 834. The molecule has 1 amide bonds. The predicted octanol–water partition coefficient (Wildman–Crippen LogP) is 3.55. The van der Waals surface area contributed by atoms with Crippen molar-refractivity contribution in [3.63, 3.8) is 0 Å². The highest BCUT2D eigenvalue weighted by Gasteiger charge is 2.45. The molecule has 1 atom stereocenters. The van der Waals surface area contributed by atoms with E-state index in [9.17, 15) is 4.79 Å². The minimum atomic E-state index is -0.250. The summed E-state index contributed by atoms with van der Waals surface area (Å²) in [7, 11) is 3.37. The molecule has 0 bridgehead atoms. The summed E-state index contributed by atoms with van der Waals surface area (Å²) in [6, 6.07) is 5.65. The molecule has 1 aromatic carbocycles. The molecule has 2 fully saturated rings. The van der Waals surface area contributed by atoms with E-state index in [0.717, 1.165) is 49.0 Å². The highest BCUT2D eigenvalue weighted by molar-refractivity contribution is 5.99. The number of likely N-dealkylation sites (tertiary alicyclic amines) is 1. The summed E-state index contributed by atoms with van der Waals surface area (Å²) in [6.45, 7) is 4.01. The molecule has 0 aliphatic carbocycles. The molecule has 0 N–H and O–H groups in total. The van der Waals surface area contributed by atoms with Gasteiger partial charge in [-0.25, -0.2) is 0 Å². The van der Waals surface area contributed by atoms with Crippen LogP contribution in [0.4, 0.5) is 0 Å². The van der Waals surface area contributed by atoms with Crippen molar-refractivity contribution in [2.24, 2.45) is 0 Å². The van der Waals surface area contributed by atoms with E-state index in [4.69, 9.17) is 18.6 Å². The van der Waals surface area contributed by atoms with Crippen LogP contribution in [0, 0.1) is 6.92 Å². The molecule has 0 radical (unpaired) electrons. The summed E-state index contributed by atoms with van der Waals surface area (Å²) < 4.78 is 23.0. The van der Waals surface area contributed by atoms with Gasteiger partial charge in [-0.3, -0.25) is 4.79 Å². The molecular weight excluding hydrogens is 346 g/mol. The zero-order valence-electron chi connectivity index (χ0n) is 16.2. The molecule has 3 heterocycles. The number of benzene rings is 1. The van der Waals surface area contributed by atoms with Crippen LogP contribution in [0.5, 0.6) is 5.75 Å². The molecule has 6 heteroatoms. The quantitative estimate of drug-likeness (QED) is 0.823. The van der Waals surface area contributed by atoms with Gasteiger partial charge in [0.2, 0.25) is 0 Å². The van der Waals surface area contributed by atoms with E-state index >= 15 is 0 Å². The molecule has 1 spiro atoms. The van der Waals surface area contributed by atoms with Crippen molar-refractivity contribution in [3.05, 3.63) is 29.5 Å². The SMILES string of the molecule is COc1ccc2c(C)c(C(=O)N3CCC4(CC3)OCCC[C@H]4OC)oc2c1. The topological polar surface area (TPSA) is 61.1 Å². The van der Waals surface area contributed by atoms with Crippen LogP contribution < -0.4 is 4.74 Å². The van der Waals surface area contributed by atoms with Crippen LogP contribution in [0.2, 0.25) is 0 Å². The number of aryl methyl sites for hydroxylation is 1. The molecule has 1 aromatic heterocycles. The van der Waals surface area contributed by atoms with Gasteiger partial charge < -0.3 is 23.5 Å². The third-order valence-corrected chi connectivity index (χ3v) is 6.11. The van der Waals surface area contributed by atoms with E-state index in [0.29, 0.717) is 24.4 Å². The van der Waals surface area contributed by atoms with E-state index in [1.807, 2.05) is 30.0 Å². The molecule has 2 aliphatic rings. The molecule has 2 aromatic rings. The highest BCUT2D eigenvalue weighted by Crippen LogP contribution is 2.37. The van der Waals surface area contributed by atoms with Gasteiger partial charge in [0.05, 0.1) is 18.8 Å². The van der Waals surface area contributed by atoms with Gasteiger partial charge in [-0.15, -0.1) is 0 Å². The van der Waals surface area contributed by atoms with Gasteiger partial charge in [-0.05, 0) is 44.7 Å². The van der Waals surface area contributed by atoms with Crippen LogP contribution in [0.15, 0.2) is 22.6 Å². The smallest absolute Gasteiger partial charge is 0.289 e. The number of furan rings is 1. The van der Waals surface area contributed by atoms with Crippen molar-refractivity contribution in [3.8, 4) is 5.75 Å². The number of carbonyl (C=O) groups excluding carboxylic acids is 1. The van der Waals surface area contributed by atoms with Crippen molar-refractivity contribution in [1.82, 2.24) is 4.90 Å². The fourth-order valence-electron chi connectivity index (χ4n) is 4.47. The first kappa shape index (κ1) is 18.3. The van der Waals surface area contributed by atoms with E-state index in [2.05, 4.69) is 0 Å². The number of hydrogen-bond acceptors (Lipinski definition) is 5. The van der Waals surface area contributed by atoms with Crippen molar-refractivity contribution >= 4 is 16.9 Å². The molecule has 6 nitrogen and oxygen atoms in total. The Kier molecular flexibility index (Phi) is 4.86. The lowest BCUT2D eigenvalue weighted by Gasteiger charge is -2.47. The standard InChI is InChI=1S/C21H27NO5/c1-14-16-7-6-15(24-2)13-17(16)27-19(14)20(23)22-10-8-21(9-11-22)18(25-3)5-4-12-26-21/h6-7,13,18H,4-5,8-12H2,1-3H3/t18-/m1/s1. The minimum absolute atomic E-state index is 0.0534. The van der Waals surface area contributed by atoms with Crippen LogP contribution >= 0.6 is 0 Å². The van der Waals surface area contributed by atoms with Crippen molar-refractivity contribution in [1.29, 1.82) is 0 Å². The fourth-order valence-corrected chi connectivity index (χ4v) is 4.47. The van der Waals surface area contributed by atoms with Gasteiger partial charge in [0.15, 0.2) is 5.76 Å². The summed E-state index contributed by atoms with van der Waals surface area (Å²) in [4.78, 5) is 15.0. The van der Waals surface area contributed by atoms with Gasteiger partial charge in [0.25, 0.3) is 5.91 Å². The van der Waals surface area contributed by atoms with Gasteiger partial charge in [0.1, 0.15) is 11.3 Å². The van der Waals surface area contributed by atoms with Crippen LogP contribution in [0.1, 0.15) is 41.8 Å². The van der Waals surface area contributed by atoms with Gasteiger partial charge in [-0.1, -0.05) is 0 Å². The highest BCUT2D eigenvalue weighted by atomic mass is 16.5. The van der Waals surface area contributed by atoms with E-state index in [1.54, 1.807) is 14.2 Å². The van der Waals surface area contributed by atoms with Crippen molar-refractivity contribution < 1.29 is 23.4 Å². The Morgan fingerprint density at radius 2 is 2.04 bits per heavy atom. The molecular formula is C21H27NO5. The van der Waals surface area contributed by atoms with E-state index in [1.165, 1.54) is 0 Å². The van der Waals surface area contributed by atoms with E-state index in [-0.39, 0.29) is 17.6 Å². The van der Waals surface area contributed by atoms with Gasteiger partial charge in [0, 0.05) is 43.8 Å². The Hall–Kier alpha value is -2.05. The molecule has 2 aliphatic heterocycles. The summed E-state index contributed by atoms with van der Waals surface area (Å²) >= 11 is 0. The molecule has 146 valence electrons. The first-order valence-corrected chi connectivity index (χ1v) is 9.61. The largest absolute Gasteiger partial charge is 0.497 e. The molecule has 4 rings (SSSR count).